The number of alkyl halides is 3. The Balaban J connectivity index is 1.43. The number of carbonyl (C=O) groups excluding carboxylic acids is 1. The lowest BCUT2D eigenvalue weighted by Crippen LogP contribution is -2.44. The first-order chi connectivity index (χ1) is 17.4. The van der Waals surface area contributed by atoms with Gasteiger partial charge in [0, 0.05) is 43.6 Å². The van der Waals surface area contributed by atoms with Crippen LogP contribution in [-0.2, 0) is 27.6 Å². The number of imidazole rings is 1. The molecule has 0 saturated carbocycles. The van der Waals surface area contributed by atoms with Crippen molar-refractivity contribution in [3.63, 3.8) is 0 Å². The Morgan fingerprint density at radius 1 is 1.14 bits per heavy atom. The zero-order chi connectivity index (χ0) is 27.1. The van der Waals surface area contributed by atoms with Crippen molar-refractivity contribution in [2.24, 2.45) is 0 Å². The fourth-order valence-corrected chi connectivity index (χ4v) is 5.23. The van der Waals surface area contributed by atoms with Gasteiger partial charge in [-0.2, -0.15) is 13.2 Å². The van der Waals surface area contributed by atoms with E-state index in [4.69, 9.17) is 0 Å². The van der Waals surface area contributed by atoms with Crippen molar-refractivity contribution in [3.05, 3.63) is 48.0 Å². The maximum Gasteiger partial charge on any atom is 0.501 e. The van der Waals surface area contributed by atoms with Crippen molar-refractivity contribution >= 4 is 15.7 Å². The third kappa shape index (κ3) is 8.02. The van der Waals surface area contributed by atoms with E-state index in [-0.39, 0.29) is 11.4 Å². The number of nitrogens with zero attached hydrogens (tertiary/aromatic N) is 3. The normalized spacial score (nSPS) is 17.5. The van der Waals surface area contributed by atoms with Gasteiger partial charge in [0.15, 0.2) is 0 Å². The van der Waals surface area contributed by atoms with Gasteiger partial charge in [-0.3, -0.25) is 9.69 Å². The molecule has 2 N–H and O–H groups in total. The molecule has 37 heavy (non-hydrogen) atoms. The van der Waals surface area contributed by atoms with Gasteiger partial charge in [-0.25, -0.2) is 13.4 Å². The maximum absolute atomic E-state index is 12.8. The van der Waals surface area contributed by atoms with Gasteiger partial charge in [0.1, 0.15) is 0 Å². The quantitative estimate of drug-likeness (QED) is 0.398. The molecule has 1 aromatic heterocycles. The van der Waals surface area contributed by atoms with Crippen LogP contribution in [0.2, 0.25) is 0 Å². The number of halogens is 3. The molecule has 0 bridgehead atoms. The summed E-state index contributed by atoms with van der Waals surface area (Å²) in [6.45, 7) is 8.20. The van der Waals surface area contributed by atoms with E-state index in [0.717, 1.165) is 68.7 Å². The third-order valence-electron chi connectivity index (χ3n) is 6.88. The second-order valence-corrected chi connectivity index (χ2v) is 11.8. The van der Waals surface area contributed by atoms with Crippen molar-refractivity contribution in [3.8, 4) is 0 Å². The molecule has 0 aliphatic carbocycles. The molecular weight excluding hydrogens is 507 g/mol. The minimum absolute atomic E-state index is 0.138. The van der Waals surface area contributed by atoms with E-state index in [9.17, 15) is 26.4 Å². The van der Waals surface area contributed by atoms with Crippen LogP contribution in [0.5, 0.6) is 0 Å². The van der Waals surface area contributed by atoms with Crippen molar-refractivity contribution in [1.82, 2.24) is 25.1 Å². The van der Waals surface area contributed by atoms with Gasteiger partial charge in [0.2, 0.25) is 5.91 Å². The summed E-state index contributed by atoms with van der Waals surface area (Å²) in [6.07, 6.45) is 7.41. The number of benzene rings is 1. The highest BCUT2D eigenvalue weighted by Crippen LogP contribution is 2.30. The van der Waals surface area contributed by atoms with E-state index in [1.807, 2.05) is 18.7 Å². The van der Waals surface area contributed by atoms with Gasteiger partial charge in [-0.15, -0.1) is 0 Å². The van der Waals surface area contributed by atoms with Crippen molar-refractivity contribution in [1.29, 1.82) is 0 Å². The highest BCUT2D eigenvalue weighted by molar-refractivity contribution is 7.92. The second kappa shape index (κ2) is 12.4. The van der Waals surface area contributed by atoms with Crippen molar-refractivity contribution in [2.75, 3.05) is 32.7 Å². The summed E-state index contributed by atoms with van der Waals surface area (Å²) in [5, 5.41) is 3.54. The Labute approximate surface area is 216 Å². The van der Waals surface area contributed by atoms with E-state index in [1.54, 1.807) is 12.5 Å². The van der Waals surface area contributed by atoms with Gasteiger partial charge in [-0.1, -0.05) is 19.1 Å². The smallest absolute Gasteiger partial charge is 0.347 e. The van der Waals surface area contributed by atoms with Gasteiger partial charge >= 0.3 is 5.51 Å². The molecule has 3 rings (SSSR count). The van der Waals surface area contributed by atoms with E-state index in [0.29, 0.717) is 26.1 Å². The highest BCUT2D eigenvalue weighted by Gasteiger charge is 2.46. The van der Waals surface area contributed by atoms with Gasteiger partial charge in [0.05, 0.1) is 17.8 Å². The minimum atomic E-state index is -5.34. The molecule has 8 nitrogen and oxygen atoms in total. The molecule has 1 aliphatic rings. The molecule has 1 amide bonds. The van der Waals surface area contributed by atoms with Gasteiger partial charge in [-0.05, 0) is 63.3 Å². The lowest BCUT2D eigenvalue weighted by molar-refractivity contribution is -0.131. The van der Waals surface area contributed by atoms with Crippen LogP contribution in [-0.4, -0.2) is 77.9 Å². The molecule has 0 radical (unpaired) electrons. The summed E-state index contributed by atoms with van der Waals surface area (Å²) in [7, 11) is -5.34. The molecule has 1 aromatic carbocycles. The predicted octanol–water partition coefficient (Wildman–Crippen LogP) is 3.52. The molecule has 2 aromatic rings. The van der Waals surface area contributed by atoms with Gasteiger partial charge < -0.3 is 15.2 Å². The lowest BCUT2D eigenvalue weighted by Gasteiger charge is -2.30. The van der Waals surface area contributed by atoms with Crippen LogP contribution in [0.25, 0.3) is 0 Å². The first-order valence-corrected chi connectivity index (χ1v) is 14.0. The van der Waals surface area contributed by atoms with Crippen LogP contribution < -0.4 is 5.32 Å². The Bertz CT molecular complexity index is 1110. The monoisotopic (exact) mass is 543 g/mol. The van der Waals surface area contributed by atoms with Crippen LogP contribution >= 0.6 is 0 Å². The van der Waals surface area contributed by atoms with E-state index in [1.165, 1.54) is 12.1 Å². The molecule has 0 spiro atoms. The number of carbonyl (C=O) groups is 1. The molecule has 1 unspecified atom stereocenters. The number of hydrogen-bond donors (Lipinski definition) is 2. The zero-order valence-corrected chi connectivity index (χ0v) is 22.2. The molecule has 12 heteroatoms. The fourth-order valence-electron chi connectivity index (χ4n) is 4.46. The number of rotatable bonds is 12. The average Bonchev–Trinajstić information content (AvgIpc) is 3.28. The lowest BCUT2D eigenvalue weighted by atomic mass is 9.90. The van der Waals surface area contributed by atoms with Crippen LogP contribution in [0.1, 0.15) is 50.8 Å². The Hall–Kier alpha value is -2.44. The number of aromatic amines is 1. The molecule has 2 heterocycles. The van der Waals surface area contributed by atoms with Gasteiger partial charge in [0.25, 0.3) is 9.84 Å². The molecular formula is C25H36F3N5O3S. The second-order valence-electron chi connectivity index (χ2n) is 9.84. The number of amides is 1. The minimum Gasteiger partial charge on any atom is -0.347 e. The average molecular weight is 544 g/mol. The van der Waals surface area contributed by atoms with Crippen molar-refractivity contribution < 1.29 is 26.4 Å². The molecule has 1 saturated heterocycles. The largest absolute Gasteiger partial charge is 0.501 e. The van der Waals surface area contributed by atoms with Crippen LogP contribution in [0.3, 0.4) is 0 Å². The zero-order valence-electron chi connectivity index (χ0n) is 21.4. The van der Waals surface area contributed by atoms with Crippen LogP contribution in [0, 0.1) is 0 Å². The molecule has 1 fully saturated rings. The first-order valence-electron chi connectivity index (χ1n) is 12.6. The number of hydrogen-bond acceptors (Lipinski definition) is 6. The SMILES string of the molecule is CCC(C)(Cc1ccc(S(=O)(=O)C(F)(F)F)cc1)NCCCCN1CCCN(Cc2cnc[nH]2)CC1=O. The highest BCUT2D eigenvalue weighted by atomic mass is 32.2. The van der Waals surface area contributed by atoms with Crippen LogP contribution in [0.4, 0.5) is 13.2 Å². The summed E-state index contributed by atoms with van der Waals surface area (Å²) in [5.74, 6) is 0.138. The first kappa shape index (κ1) is 29.1. The third-order valence-corrected chi connectivity index (χ3v) is 8.38. The Morgan fingerprint density at radius 3 is 2.49 bits per heavy atom. The maximum atomic E-state index is 12.8. The number of unbranched alkanes of at least 4 members (excludes halogenated alkanes) is 1. The summed E-state index contributed by atoms with van der Waals surface area (Å²) < 4.78 is 61.5. The predicted molar refractivity (Wildman–Crippen MR) is 134 cm³/mol. The van der Waals surface area contributed by atoms with E-state index < -0.39 is 20.2 Å². The topological polar surface area (TPSA) is 98.4 Å². The fraction of sp³-hybridized carbons (Fsp3) is 0.600. The number of H-pyrrole nitrogens is 1. The molecule has 206 valence electrons. The molecule has 1 atom stereocenters. The number of nitrogens with one attached hydrogen (secondary N) is 2. The van der Waals surface area contributed by atoms with E-state index >= 15 is 0 Å². The standard InChI is InChI=1S/C25H36F3N5O3S/c1-3-24(2,15-20-7-9-22(10-8-20)37(35,36)25(26,27)28)31-11-4-5-13-33-14-6-12-32(18-23(33)34)17-21-16-29-19-30-21/h7-10,16,19,31H,3-6,11-15,17-18H2,1-2H3,(H,29,30). The molecule has 1 aliphatic heterocycles. The van der Waals surface area contributed by atoms with E-state index in [2.05, 4.69) is 20.2 Å². The summed E-state index contributed by atoms with van der Waals surface area (Å²) in [6, 6.07) is 4.91. The summed E-state index contributed by atoms with van der Waals surface area (Å²) in [5.41, 5.74) is -3.86. The number of aromatic nitrogens is 2. The summed E-state index contributed by atoms with van der Waals surface area (Å²) >= 11 is 0. The van der Waals surface area contributed by atoms with Crippen molar-refractivity contribution in [2.45, 2.75) is 68.4 Å². The summed E-state index contributed by atoms with van der Waals surface area (Å²) in [4.78, 5) is 23.1. The Morgan fingerprint density at radius 2 is 1.86 bits per heavy atom. The van der Waals surface area contributed by atoms with Crippen LogP contribution in [0.15, 0.2) is 41.7 Å². The Kier molecular flexibility index (Phi) is 9.76. The number of sulfone groups is 1.